The Morgan fingerprint density at radius 2 is 1.86 bits per heavy atom. The molecule has 0 bridgehead atoms. The highest BCUT2D eigenvalue weighted by molar-refractivity contribution is 5.67. The second-order valence-corrected chi connectivity index (χ2v) is 7.11. The molecule has 2 heterocycles. The topological polar surface area (TPSA) is 36.0 Å². The number of piperidine rings is 1. The van der Waals surface area contributed by atoms with Crippen LogP contribution in [0.1, 0.15) is 33.1 Å². The summed E-state index contributed by atoms with van der Waals surface area (Å²) in [5.74, 6) is 0.641. The molecule has 0 aromatic carbocycles. The fraction of sp³-hybridized carbons (Fsp3) is 0.938. The number of ether oxygens (including phenoxy) is 1. The molecule has 0 aromatic rings. The zero-order chi connectivity index (χ0) is 15.5. The van der Waals surface area contributed by atoms with E-state index in [0.29, 0.717) is 5.92 Å². The summed E-state index contributed by atoms with van der Waals surface area (Å²) in [6.07, 6.45) is 3.26. The number of methoxy groups -OCH3 is 1. The lowest BCUT2D eigenvalue weighted by Crippen LogP contribution is -2.63. The molecule has 0 spiro atoms. The molecule has 0 saturated carbocycles. The molecule has 1 atom stereocenters. The van der Waals surface area contributed by atoms with Gasteiger partial charge in [-0.2, -0.15) is 0 Å². The summed E-state index contributed by atoms with van der Waals surface area (Å²) in [5, 5.41) is 0. The molecule has 2 fully saturated rings. The van der Waals surface area contributed by atoms with Crippen LogP contribution < -0.4 is 0 Å². The number of hydrogen-bond acceptors (Lipinski definition) is 4. The number of piperazine rings is 1. The SMILES string of the molecule is COC(=O)N1CCCC(CC(C)C)(N2CCN(C)CC2)C1. The second-order valence-electron chi connectivity index (χ2n) is 7.11. The summed E-state index contributed by atoms with van der Waals surface area (Å²) >= 11 is 0. The Bertz CT molecular complexity index is 353. The predicted molar refractivity (Wildman–Crippen MR) is 84.5 cm³/mol. The van der Waals surface area contributed by atoms with Crippen LogP contribution in [0, 0.1) is 5.92 Å². The Morgan fingerprint density at radius 1 is 1.19 bits per heavy atom. The van der Waals surface area contributed by atoms with E-state index >= 15 is 0 Å². The van der Waals surface area contributed by atoms with Gasteiger partial charge in [0, 0.05) is 44.8 Å². The van der Waals surface area contributed by atoms with Crippen LogP contribution in [0.4, 0.5) is 4.79 Å². The van der Waals surface area contributed by atoms with Crippen LogP contribution in [-0.4, -0.2) is 79.8 Å². The third-order valence-electron chi connectivity index (χ3n) is 4.95. The van der Waals surface area contributed by atoms with Crippen LogP contribution >= 0.6 is 0 Å². The van der Waals surface area contributed by atoms with Gasteiger partial charge in [-0.15, -0.1) is 0 Å². The van der Waals surface area contributed by atoms with Gasteiger partial charge in [-0.25, -0.2) is 4.79 Å². The lowest BCUT2D eigenvalue weighted by atomic mass is 9.80. The lowest BCUT2D eigenvalue weighted by molar-refractivity contribution is -0.0236. The Balaban J connectivity index is 2.14. The van der Waals surface area contributed by atoms with Gasteiger partial charge < -0.3 is 14.5 Å². The summed E-state index contributed by atoms with van der Waals surface area (Å²) in [7, 11) is 3.67. The molecular formula is C16H31N3O2. The van der Waals surface area contributed by atoms with Crippen molar-refractivity contribution in [3.05, 3.63) is 0 Å². The van der Waals surface area contributed by atoms with Gasteiger partial charge in [0.15, 0.2) is 0 Å². The maximum absolute atomic E-state index is 12.0. The van der Waals surface area contributed by atoms with Crippen molar-refractivity contribution >= 4 is 6.09 Å². The predicted octanol–water partition coefficient (Wildman–Crippen LogP) is 1.88. The van der Waals surface area contributed by atoms with Crippen LogP contribution in [0.2, 0.25) is 0 Å². The zero-order valence-corrected chi connectivity index (χ0v) is 14.1. The van der Waals surface area contributed by atoms with Gasteiger partial charge in [-0.1, -0.05) is 13.8 Å². The molecule has 0 aliphatic carbocycles. The van der Waals surface area contributed by atoms with Gasteiger partial charge in [0.2, 0.25) is 0 Å². The average molecular weight is 297 g/mol. The smallest absolute Gasteiger partial charge is 0.409 e. The first-order chi connectivity index (χ1) is 9.97. The molecule has 2 rings (SSSR count). The van der Waals surface area contributed by atoms with Crippen LogP contribution in [0.3, 0.4) is 0 Å². The summed E-state index contributed by atoms with van der Waals surface area (Å²) in [6.45, 7) is 10.7. The van der Waals surface area contributed by atoms with E-state index in [1.54, 1.807) is 0 Å². The van der Waals surface area contributed by atoms with Crippen LogP contribution in [0.5, 0.6) is 0 Å². The molecule has 2 aliphatic heterocycles. The Kier molecular flexibility index (Phi) is 5.49. The molecule has 5 heteroatoms. The van der Waals surface area contributed by atoms with Crippen LogP contribution in [0.15, 0.2) is 0 Å². The average Bonchev–Trinajstić information content (AvgIpc) is 2.46. The number of likely N-dealkylation sites (tertiary alicyclic amines) is 1. The summed E-state index contributed by atoms with van der Waals surface area (Å²) in [4.78, 5) is 18.9. The molecule has 21 heavy (non-hydrogen) atoms. The molecule has 0 aromatic heterocycles. The molecule has 5 nitrogen and oxygen atoms in total. The monoisotopic (exact) mass is 297 g/mol. The molecule has 1 amide bonds. The van der Waals surface area contributed by atoms with E-state index in [2.05, 4.69) is 30.7 Å². The molecule has 2 saturated heterocycles. The summed E-state index contributed by atoms with van der Waals surface area (Å²) < 4.78 is 4.95. The maximum atomic E-state index is 12.0. The number of rotatable bonds is 3. The van der Waals surface area contributed by atoms with Gasteiger partial charge >= 0.3 is 6.09 Å². The third-order valence-corrected chi connectivity index (χ3v) is 4.95. The van der Waals surface area contributed by atoms with Gasteiger partial charge in [0.25, 0.3) is 0 Å². The number of hydrogen-bond donors (Lipinski definition) is 0. The van der Waals surface area contributed by atoms with E-state index in [1.165, 1.54) is 13.5 Å². The maximum Gasteiger partial charge on any atom is 0.409 e. The van der Waals surface area contributed by atoms with Gasteiger partial charge in [0.05, 0.1) is 7.11 Å². The highest BCUT2D eigenvalue weighted by Crippen LogP contribution is 2.34. The van der Waals surface area contributed by atoms with Crippen molar-refractivity contribution in [2.75, 3.05) is 53.4 Å². The largest absolute Gasteiger partial charge is 0.453 e. The van der Waals surface area contributed by atoms with Crippen molar-refractivity contribution in [3.63, 3.8) is 0 Å². The minimum atomic E-state index is -0.169. The Labute approximate surface area is 129 Å². The van der Waals surface area contributed by atoms with Gasteiger partial charge in [-0.05, 0) is 32.2 Å². The summed E-state index contributed by atoms with van der Waals surface area (Å²) in [6, 6.07) is 0. The minimum Gasteiger partial charge on any atom is -0.453 e. The second kappa shape index (κ2) is 6.97. The van der Waals surface area contributed by atoms with Crippen molar-refractivity contribution in [2.24, 2.45) is 5.92 Å². The summed E-state index contributed by atoms with van der Waals surface area (Å²) in [5.41, 5.74) is 0.141. The lowest BCUT2D eigenvalue weighted by Gasteiger charge is -2.52. The first kappa shape index (κ1) is 16.6. The van der Waals surface area contributed by atoms with Crippen molar-refractivity contribution in [1.29, 1.82) is 0 Å². The standard InChI is InChI=1S/C16H31N3O2/c1-14(2)12-16(19-10-8-17(3)9-11-19)6-5-7-18(13-16)15(20)21-4/h14H,5-13H2,1-4H3. The van der Waals surface area contributed by atoms with E-state index in [1.807, 2.05) is 4.90 Å². The molecule has 0 radical (unpaired) electrons. The van der Waals surface area contributed by atoms with Crippen molar-refractivity contribution < 1.29 is 9.53 Å². The normalized spacial score (nSPS) is 28.9. The van der Waals surface area contributed by atoms with Crippen molar-refractivity contribution in [3.8, 4) is 0 Å². The fourth-order valence-electron chi connectivity index (χ4n) is 3.99. The van der Waals surface area contributed by atoms with Crippen LogP contribution in [-0.2, 0) is 4.74 Å². The highest BCUT2D eigenvalue weighted by Gasteiger charge is 2.43. The van der Waals surface area contributed by atoms with E-state index in [9.17, 15) is 4.79 Å². The Morgan fingerprint density at radius 3 is 2.43 bits per heavy atom. The van der Waals surface area contributed by atoms with E-state index in [0.717, 1.165) is 52.1 Å². The molecule has 2 aliphatic rings. The molecule has 1 unspecified atom stereocenters. The highest BCUT2D eigenvalue weighted by atomic mass is 16.5. The number of carbonyl (C=O) groups excluding carboxylic acids is 1. The quantitative estimate of drug-likeness (QED) is 0.797. The number of nitrogens with zero attached hydrogens (tertiary/aromatic N) is 3. The number of likely N-dealkylation sites (N-methyl/N-ethyl adjacent to an activating group) is 1. The zero-order valence-electron chi connectivity index (χ0n) is 14.1. The van der Waals surface area contributed by atoms with Gasteiger partial charge in [-0.3, -0.25) is 4.90 Å². The first-order valence-electron chi connectivity index (χ1n) is 8.23. The minimum absolute atomic E-state index is 0.141. The fourth-order valence-corrected chi connectivity index (χ4v) is 3.99. The number of carbonyl (C=O) groups is 1. The molecule has 122 valence electrons. The third kappa shape index (κ3) is 3.89. The van der Waals surface area contributed by atoms with E-state index in [-0.39, 0.29) is 11.6 Å². The van der Waals surface area contributed by atoms with E-state index < -0.39 is 0 Å². The Hall–Kier alpha value is -0.810. The molecule has 0 N–H and O–H groups in total. The molecular weight excluding hydrogens is 266 g/mol. The van der Waals surface area contributed by atoms with Crippen LogP contribution in [0.25, 0.3) is 0 Å². The van der Waals surface area contributed by atoms with E-state index in [4.69, 9.17) is 4.74 Å². The van der Waals surface area contributed by atoms with Crippen molar-refractivity contribution in [1.82, 2.24) is 14.7 Å². The number of amides is 1. The van der Waals surface area contributed by atoms with Gasteiger partial charge in [0.1, 0.15) is 0 Å². The van der Waals surface area contributed by atoms with Crippen molar-refractivity contribution in [2.45, 2.75) is 38.6 Å². The first-order valence-corrected chi connectivity index (χ1v) is 8.23.